The Morgan fingerprint density at radius 3 is 2.36 bits per heavy atom. The van der Waals surface area contributed by atoms with E-state index >= 15 is 0 Å². The van der Waals surface area contributed by atoms with Gasteiger partial charge in [0.1, 0.15) is 5.82 Å². The van der Waals surface area contributed by atoms with Crippen LogP contribution in [-0.2, 0) is 0 Å². The normalized spacial score (nSPS) is 13.8. The summed E-state index contributed by atoms with van der Waals surface area (Å²) in [6, 6.07) is 0. The van der Waals surface area contributed by atoms with E-state index in [1.807, 2.05) is 6.08 Å². The van der Waals surface area contributed by atoms with E-state index in [1.165, 1.54) is 5.57 Å². The first-order chi connectivity index (χ1) is 5.07. The van der Waals surface area contributed by atoms with E-state index in [-0.39, 0.29) is 0 Å². The van der Waals surface area contributed by atoms with Crippen LogP contribution in [0.1, 0.15) is 20.8 Å². The summed E-state index contributed by atoms with van der Waals surface area (Å²) in [4.78, 5) is 3.56. The summed E-state index contributed by atoms with van der Waals surface area (Å²) in [5, 5.41) is 0. The zero-order chi connectivity index (χ0) is 8.85. The fraction of sp³-hybridized carbons (Fsp3) is 0.444. The summed E-state index contributed by atoms with van der Waals surface area (Å²) in [6.07, 6.45) is 3.73. The number of aliphatic imine (C=N–C) groups is 1. The number of allylic oxidation sites excluding steroid dienone is 3. The molecule has 0 aromatic heterocycles. The molecule has 0 unspecified atom stereocenters. The van der Waals surface area contributed by atoms with Gasteiger partial charge in [0.25, 0.3) is 0 Å². The van der Waals surface area contributed by atoms with Gasteiger partial charge >= 0.3 is 0 Å². The van der Waals surface area contributed by atoms with Crippen molar-refractivity contribution in [1.29, 1.82) is 0 Å². The Morgan fingerprint density at radius 2 is 2.00 bits per heavy atom. The van der Waals surface area contributed by atoms with Gasteiger partial charge in [-0.3, -0.25) is 0 Å². The molecule has 0 aliphatic rings. The van der Waals surface area contributed by atoms with Gasteiger partial charge in [0, 0.05) is 0 Å². The van der Waals surface area contributed by atoms with Gasteiger partial charge in [0.2, 0.25) is 0 Å². The van der Waals surface area contributed by atoms with E-state index in [1.54, 1.807) is 6.08 Å². The lowest BCUT2D eigenvalue weighted by molar-refractivity contribution is 0.769. The fourth-order valence-electron chi connectivity index (χ4n) is 0.462. The first-order valence-electron chi connectivity index (χ1n) is 3.68. The zero-order valence-corrected chi connectivity index (χ0v) is 7.46. The Kier molecular flexibility index (Phi) is 4.27. The van der Waals surface area contributed by atoms with Gasteiger partial charge in [0.15, 0.2) is 0 Å². The summed E-state index contributed by atoms with van der Waals surface area (Å²) in [5.41, 5.74) is 6.70. The lowest BCUT2D eigenvalue weighted by Gasteiger charge is -2.01. The molecule has 0 saturated heterocycles. The van der Waals surface area contributed by atoms with E-state index in [4.69, 9.17) is 5.73 Å². The van der Waals surface area contributed by atoms with E-state index in [0.717, 1.165) is 0 Å². The molecule has 0 fully saturated rings. The molecule has 0 saturated carbocycles. The largest absolute Gasteiger partial charge is 0.384 e. The van der Waals surface area contributed by atoms with E-state index in [0.29, 0.717) is 11.7 Å². The molecule has 0 radical (unpaired) electrons. The molecule has 0 aromatic rings. The number of hydrogen-bond acceptors (Lipinski definition) is 2. The van der Waals surface area contributed by atoms with Crippen LogP contribution in [0, 0.1) is 5.92 Å². The summed E-state index contributed by atoms with van der Waals surface area (Å²) in [5.74, 6) is 1.02. The van der Waals surface area contributed by atoms with Gasteiger partial charge in [-0.15, -0.1) is 0 Å². The number of nitrogens with zero attached hydrogens (tertiary/aromatic N) is 1. The molecule has 2 heteroatoms. The van der Waals surface area contributed by atoms with Crippen molar-refractivity contribution in [3.8, 4) is 0 Å². The van der Waals surface area contributed by atoms with Crippen LogP contribution in [-0.4, -0.2) is 6.72 Å². The van der Waals surface area contributed by atoms with E-state index < -0.39 is 0 Å². The highest BCUT2D eigenvalue weighted by atomic mass is 14.9. The second-order valence-corrected chi connectivity index (χ2v) is 2.82. The average molecular weight is 152 g/mol. The Labute approximate surface area is 68.5 Å². The summed E-state index contributed by atoms with van der Waals surface area (Å²) in [6.45, 7) is 9.65. The second kappa shape index (κ2) is 4.72. The van der Waals surface area contributed by atoms with Crippen molar-refractivity contribution in [2.75, 3.05) is 0 Å². The minimum absolute atomic E-state index is 0.463. The van der Waals surface area contributed by atoms with Crippen LogP contribution in [0.3, 0.4) is 0 Å². The molecule has 62 valence electrons. The Hall–Kier alpha value is -1.05. The number of hydrogen-bond donors (Lipinski definition) is 1. The molecule has 0 aromatic carbocycles. The van der Waals surface area contributed by atoms with Crippen molar-refractivity contribution >= 4 is 6.72 Å². The van der Waals surface area contributed by atoms with Gasteiger partial charge < -0.3 is 5.73 Å². The van der Waals surface area contributed by atoms with Crippen molar-refractivity contribution < 1.29 is 0 Å². The average Bonchev–Trinajstić information content (AvgIpc) is 1.99. The third kappa shape index (κ3) is 4.37. The third-order valence-corrected chi connectivity index (χ3v) is 1.61. The molecule has 0 rings (SSSR count). The Balaban J connectivity index is 4.22. The molecule has 11 heavy (non-hydrogen) atoms. The highest BCUT2D eigenvalue weighted by molar-refractivity contribution is 5.29. The highest BCUT2D eigenvalue weighted by Crippen LogP contribution is 2.07. The minimum Gasteiger partial charge on any atom is -0.384 e. The molecule has 2 N–H and O–H groups in total. The van der Waals surface area contributed by atoms with E-state index in [2.05, 4.69) is 32.5 Å². The predicted octanol–water partition coefficient (Wildman–Crippen LogP) is 2.09. The summed E-state index contributed by atoms with van der Waals surface area (Å²) in [7, 11) is 0. The molecule has 0 atom stereocenters. The van der Waals surface area contributed by atoms with Gasteiger partial charge in [-0.1, -0.05) is 25.5 Å². The first-order valence-corrected chi connectivity index (χ1v) is 3.68. The van der Waals surface area contributed by atoms with Crippen LogP contribution in [0.25, 0.3) is 0 Å². The fourth-order valence-corrected chi connectivity index (χ4v) is 0.462. The standard InChI is InChI=1S/C9H16N2/c1-7(2)8(3)5-6-9(10)11-4/h5-7H,4,10H2,1-3H3/b8-5+,9-6-. The Bertz CT molecular complexity index is 188. The smallest absolute Gasteiger partial charge is 0.122 e. The van der Waals surface area contributed by atoms with Crippen LogP contribution in [0.5, 0.6) is 0 Å². The second-order valence-electron chi connectivity index (χ2n) is 2.82. The van der Waals surface area contributed by atoms with Gasteiger partial charge in [-0.2, -0.15) is 0 Å². The van der Waals surface area contributed by atoms with Crippen molar-refractivity contribution in [2.24, 2.45) is 16.6 Å². The third-order valence-electron chi connectivity index (χ3n) is 1.61. The van der Waals surface area contributed by atoms with Crippen LogP contribution in [0.4, 0.5) is 0 Å². The van der Waals surface area contributed by atoms with Crippen molar-refractivity contribution in [1.82, 2.24) is 0 Å². The molecule has 0 bridgehead atoms. The minimum atomic E-state index is 0.463. The first kappa shape index (κ1) is 9.95. The van der Waals surface area contributed by atoms with Crippen molar-refractivity contribution in [3.63, 3.8) is 0 Å². The van der Waals surface area contributed by atoms with Crippen LogP contribution >= 0.6 is 0 Å². The van der Waals surface area contributed by atoms with Crippen LogP contribution in [0.2, 0.25) is 0 Å². The molecule has 0 spiro atoms. The molecule has 0 heterocycles. The number of nitrogens with two attached hydrogens (primary N) is 1. The van der Waals surface area contributed by atoms with Crippen molar-refractivity contribution in [2.45, 2.75) is 20.8 Å². The summed E-state index contributed by atoms with van der Waals surface area (Å²) < 4.78 is 0. The lowest BCUT2D eigenvalue weighted by Crippen LogP contribution is -1.92. The van der Waals surface area contributed by atoms with Crippen LogP contribution in [0.15, 0.2) is 28.5 Å². The molecule has 0 aliphatic heterocycles. The maximum atomic E-state index is 5.41. The van der Waals surface area contributed by atoms with Gasteiger partial charge in [-0.25, -0.2) is 4.99 Å². The molecule has 0 aliphatic carbocycles. The molecule has 2 nitrogen and oxygen atoms in total. The highest BCUT2D eigenvalue weighted by Gasteiger charge is 1.92. The maximum Gasteiger partial charge on any atom is 0.122 e. The van der Waals surface area contributed by atoms with Gasteiger partial charge in [-0.05, 0) is 25.6 Å². The molecular formula is C9H16N2. The zero-order valence-electron chi connectivity index (χ0n) is 7.46. The van der Waals surface area contributed by atoms with Crippen LogP contribution < -0.4 is 5.73 Å². The van der Waals surface area contributed by atoms with E-state index in [9.17, 15) is 0 Å². The predicted molar refractivity (Wildman–Crippen MR) is 50.4 cm³/mol. The SMILES string of the molecule is C=N/C(N)=C\C=C(/C)C(C)C. The van der Waals surface area contributed by atoms with Gasteiger partial charge in [0.05, 0.1) is 0 Å². The Morgan fingerprint density at radius 1 is 1.45 bits per heavy atom. The topological polar surface area (TPSA) is 38.4 Å². The quantitative estimate of drug-likeness (QED) is 0.488. The summed E-state index contributed by atoms with van der Waals surface area (Å²) >= 11 is 0. The maximum absolute atomic E-state index is 5.41. The monoisotopic (exact) mass is 152 g/mol. The lowest BCUT2D eigenvalue weighted by atomic mass is 10.1. The number of rotatable bonds is 3. The molecule has 0 amide bonds. The molecular weight excluding hydrogens is 136 g/mol. The van der Waals surface area contributed by atoms with Crippen molar-refractivity contribution in [3.05, 3.63) is 23.5 Å².